The molecule has 0 aliphatic carbocycles. The third kappa shape index (κ3) is 2.20. The predicted molar refractivity (Wildman–Crippen MR) is 109 cm³/mol. The number of anilines is 1. The second-order valence-electron chi connectivity index (χ2n) is 8.92. The molecule has 31 heavy (non-hydrogen) atoms. The van der Waals surface area contributed by atoms with Crippen molar-refractivity contribution in [2.45, 2.75) is 56.0 Å². The van der Waals surface area contributed by atoms with Crippen molar-refractivity contribution in [3.63, 3.8) is 0 Å². The van der Waals surface area contributed by atoms with Crippen molar-refractivity contribution in [1.29, 1.82) is 0 Å². The molecule has 5 atom stereocenters. The fourth-order valence-electron chi connectivity index (χ4n) is 5.74. The molecule has 3 saturated heterocycles. The molecule has 164 valence electrons. The number of rotatable bonds is 2. The number of nitrogens with zero attached hydrogens (tertiary/aromatic N) is 2. The number of hydrogen-bond donors (Lipinski definition) is 3. The molecule has 9 nitrogen and oxygen atoms in total. The lowest BCUT2D eigenvalue weighted by molar-refractivity contribution is -0.206. The summed E-state index contributed by atoms with van der Waals surface area (Å²) < 4.78 is 5.24. The maximum atomic E-state index is 13.5. The van der Waals surface area contributed by atoms with Crippen LogP contribution in [0.1, 0.15) is 32.3 Å². The predicted octanol–water partition coefficient (Wildman–Crippen LogP) is 0.116. The van der Waals surface area contributed by atoms with Crippen molar-refractivity contribution in [3.05, 3.63) is 35.4 Å². The number of ether oxygens (including phenoxy) is 1. The number of nitrogens with one attached hydrogen (secondary N) is 1. The van der Waals surface area contributed by atoms with E-state index in [0.717, 1.165) is 10.5 Å². The number of piperazine rings is 1. The molecule has 4 heterocycles. The number of amides is 3. The number of hydrogen-bond acceptors (Lipinski definition) is 6. The first-order valence-corrected chi connectivity index (χ1v) is 10.4. The molecule has 0 unspecified atom stereocenters. The molecule has 1 aromatic carbocycles. The smallest absolute Gasteiger partial charge is 0.279 e. The van der Waals surface area contributed by atoms with Crippen LogP contribution in [0.2, 0.25) is 0 Å². The van der Waals surface area contributed by atoms with Crippen LogP contribution in [0.3, 0.4) is 0 Å². The van der Waals surface area contributed by atoms with Gasteiger partial charge in [0.15, 0.2) is 0 Å². The molecule has 9 heteroatoms. The van der Waals surface area contributed by atoms with E-state index in [1.54, 1.807) is 38.1 Å². The molecule has 1 aromatic rings. The fraction of sp³-hybridized carbons (Fsp3) is 0.500. The molecule has 3 N–H and O–H groups in total. The number of fused-ring (bicyclic) bond motifs is 4. The highest BCUT2D eigenvalue weighted by molar-refractivity contribution is 6.12. The van der Waals surface area contributed by atoms with E-state index in [9.17, 15) is 24.6 Å². The topological polar surface area (TPSA) is 119 Å². The first kappa shape index (κ1) is 20.0. The molecule has 4 aliphatic rings. The van der Waals surface area contributed by atoms with Gasteiger partial charge in [-0.05, 0) is 38.3 Å². The van der Waals surface area contributed by atoms with Crippen LogP contribution >= 0.6 is 0 Å². The minimum Gasteiger partial charge on any atom is -0.497 e. The molecule has 1 spiro atoms. The van der Waals surface area contributed by atoms with Gasteiger partial charge in [0.2, 0.25) is 17.5 Å². The molecule has 0 radical (unpaired) electrons. The van der Waals surface area contributed by atoms with Crippen molar-refractivity contribution in [3.8, 4) is 5.75 Å². The monoisotopic (exact) mass is 427 g/mol. The van der Waals surface area contributed by atoms with E-state index < -0.39 is 47.0 Å². The van der Waals surface area contributed by atoms with Crippen molar-refractivity contribution in [2.24, 2.45) is 0 Å². The van der Waals surface area contributed by atoms with Crippen LogP contribution in [-0.4, -0.2) is 75.3 Å². The molecule has 3 fully saturated rings. The lowest BCUT2D eigenvalue weighted by Crippen LogP contribution is -2.72. The Morgan fingerprint density at radius 1 is 1.29 bits per heavy atom. The normalized spacial score (nSPS) is 35.8. The standard InChI is InChI=1S/C22H25N3O6/c1-11(2)9-16-21(13-7-6-12(31-3)10-14(13)23-19(21)28)18(27)22(30)20(29)24-8-4-5-15(24)17(26)25(16)22/h6-7,9-10,15-16,18,27,30H,4-5,8H2,1-3H3,(H,23,28)/t15-,16-,18-,21-,22-/m0/s1. The summed E-state index contributed by atoms with van der Waals surface area (Å²) >= 11 is 0. The van der Waals surface area contributed by atoms with Gasteiger partial charge in [-0.2, -0.15) is 0 Å². The fourth-order valence-corrected chi connectivity index (χ4v) is 5.74. The molecular weight excluding hydrogens is 402 g/mol. The molecule has 0 aromatic heterocycles. The largest absolute Gasteiger partial charge is 0.497 e. The maximum absolute atomic E-state index is 13.5. The van der Waals surface area contributed by atoms with E-state index >= 15 is 0 Å². The number of methoxy groups -OCH3 is 1. The number of benzene rings is 1. The summed E-state index contributed by atoms with van der Waals surface area (Å²) in [7, 11) is 1.50. The number of carbonyl (C=O) groups excluding carboxylic acids is 3. The minimum absolute atomic E-state index is 0.332. The Labute approximate surface area is 179 Å². The van der Waals surface area contributed by atoms with Crippen molar-refractivity contribution < 1.29 is 29.3 Å². The average molecular weight is 427 g/mol. The van der Waals surface area contributed by atoms with E-state index in [1.807, 2.05) is 0 Å². The lowest BCUT2D eigenvalue weighted by atomic mass is 9.71. The van der Waals surface area contributed by atoms with E-state index in [-0.39, 0.29) is 0 Å². The van der Waals surface area contributed by atoms with Crippen LogP contribution in [-0.2, 0) is 19.8 Å². The summed E-state index contributed by atoms with van der Waals surface area (Å²) in [6, 6.07) is 3.18. The molecule has 0 bridgehead atoms. The summed E-state index contributed by atoms with van der Waals surface area (Å²) in [4.78, 5) is 42.8. The van der Waals surface area contributed by atoms with Crippen LogP contribution in [0.4, 0.5) is 5.69 Å². The summed E-state index contributed by atoms with van der Waals surface area (Å²) in [6.07, 6.45) is 0.953. The number of allylic oxidation sites excluding steroid dienone is 1. The van der Waals surface area contributed by atoms with Crippen LogP contribution in [0, 0.1) is 0 Å². The summed E-state index contributed by atoms with van der Waals surface area (Å²) in [6.45, 7) is 3.94. The molecule has 4 aliphatic heterocycles. The van der Waals surface area contributed by atoms with Gasteiger partial charge in [0, 0.05) is 18.3 Å². The zero-order valence-corrected chi connectivity index (χ0v) is 17.6. The second-order valence-corrected chi connectivity index (χ2v) is 8.92. The Morgan fingerprint density at radius 2 is 2.03 bits per heavy atom. The van der Waals surface area contributed by atoms with Crippen LogP contribution < -0.4 is 10.1 Å². The quantitative estimate of drug-likeness (QED) is 0.577. The van der Waals surface area contributed by atoms with E-state index in [0.29, 0.717) is 36.4 Å². The molecule has 0 saturated carbocycles. The Bertz CT molecular complexity index is 1050. The minimum atomic E-state index is -2.53. The second kappa shape index (κ2) is 6.30. The molecule has 3 amide bonds. The zero-order chi connectivity index (χ0) is 22.3. The molecule has 5 rings (SSSR count). The van der Waals surface area contributed by atoms with Gasteiger partial charge in [0.05, 0.1) is 13.2 Å². The summed E-state index contributed by atoms with van der Waals surface area (Å²) in [5.41, 5.74) is -2.66. The first-order chi connectivity index (χ1) is 14.7. The van der Waals surface area contributed by atoms with Crippen molar-refractivity contribution >= 4 is 23.4 Å². The number of aliphatic hydroxyl groups is 2. The van der Waals surface area contributed by atoms with Gasteiger partial charge in [0.25, 0.3) is 5.91 Å². The summed E-state index contributed by atoms with van der Waals surface area (Å²) in [5, 5.41) is 26.0. The van der Waals surface area contributed by atoms with Gasteiger partial charge < -0.3 is 25.2 Å². The van der Waals surface area contributed by atoms with Crippen molar-refractivity contribution in [1.82, 2.24) is 9.80 Å². The Kier molecular flexibility index (Phi) is 4.07. The number of carbonyl (C=O) groups is 3. The van der Waals surface area contributed by atoms with E-state index in [2.05, 4.69) is 5.32 Å². The van der Waals surface area contributed by atoms with E-state index in [1.165, 1.54) is 12.0 Å². The van der Waals surface area contributed by atoms with Gasteiger partial charge in [-0.25, -0.2) is 0 Å². The highest BCUT2D eigenvalue weighted by Crippen LogP contribution is 2.56. The van der Waals surface area contributed by atoms with Crippen LogP contribution in [0.5, 0.6) is 5.75 Å². The van der Waals surface area contributed by atoms with Crippen LogP contribution in [0.15, 0.2) is 29.8 Å². The maximum Gasteiger partial charge on any atom is 0.279 e. The third-order valence-electron chi connectivity index (χ3n) is 7.06. The highest BCUT2D eigenvalue weighted by Gasteiger charge is 2.78. The third-order valence-corrected chi connectivity index (χ3v) is 7.06. The Hall–Kier alpha value is -2.91. The summed E-state index contributed by atoms with van der Waals surface area (Å²) in [5.74, 6) is -1.26. The van der Waals surface area contributed by atoms with E-state index in [4.69, 9.17) is 4.74 Å². The zero-order valence-electron chi connectivity index (χ0n) is 17.6. The highest BCUT2D eigenvalue weighted by atomic mass is 16.5. The van der Waals surface area contributed by atoms with Gasteiger partial charge in [0.1, 0.15) is 23.3 Å². The average Bonchev–Trinajstić information content (AvgIpc) is 3.37. The SMILES string of the molecule is COc1ccc2c(c1)NC(=O)[C@]21[C@H](C=C(C)C)N2C(=O)[C@@H]3CCCN3C(=O)[C@@]2(O)[C@H]1O. The Morgan fingerprint density at radius 3 is 2.71 bits per heavy atom. The van der Waals surface area contributed by atoms with Gasteiger partial charge in [-0.1, -0.05) is 17.7 Å². The van der Waals surface area contributed by atoms with Crippen molar-refractivity contribution in [2.75, 3.05) is 19.0 Å². The molecular formula is C22H25N3O6. The Balaban J connectivity index is 1.78. The van der Waals surface area contributed by atoms with Gasteiger partial charge in [-0.3, -0.25) is 19.3 Å². The van der Waals surface area contributed by atoms with Crippen LogP contribution in [0.25, 0.3) is 0 Å². The van der Waals surface area contributed by atoms with Gasteiger partial charge >= 0.3 is 0 Å². The lowest BCUT2D eigenvalue weighted by Gasteiger charge is -2.45. The van der Waals surface area contributed by atoms with Gasteiger partial charge in [-0.15, -0.1) is 0 Å². The first-order valence-electron chi connectivity index (χ1n) is 10.4. The number of aliphatic hydroxyl groups excluding tert-OH is 1.